The lowest BCUT2D eigenvalue weighted by atomic mass is 10.1. The van der Waals surface area contributed by atoms with Crippen molar-refractivity contribution in [3.8, 4) is 0 Å². The molecule has 17 heavy (non-hydrogen) atoms. The first-order chi connectivity index (χ1) is 7.93. The Labute approximate surface area is 108 Å². The van der Waals surface area contributed by atoms with Crippen LogP contribution in [-0.4, -0.2) is 40.2 Å². The van der Waals surface area contributed by atoms with Crippen LogP contribution in [0.2, 0.25) is 0 Å². The van der Waals surface area contributed by atoms with Crippen molar-refractivity contribution in [2.75, 3.05) is 12.3 Å². The zero-order valence-corrected chi connectivity index (χ0v) is 12.0. The van der Waals surface area contributed by atoms with Gasteiger partial charge < -0.3 is 4.90 Å². The highest BCUT2D eigenvalue weighted by atomic mass is 32.2. The van der Waals surface area contributed by atoms with Crippen molar-refractivity contribution in [3.63, 3.8) is 0 Å². The van der Waals surface area contributed by atoms with Crippen LogP contribution in [0.5, 0.6) is 0 Å². The van der Waals surface area contributed by atoms with Crippen molar-refractivity contribution in [2.24, 2.45) is 5.92 Å². The highest BCUT2D eigenvalue weighted by Gasteiger charge is 2.33. The minimum atomic E-state index is -0.158. The second-order valence-corrected chi connectivity index (χ2v) is 6.69. The van der Waals surface area contributed by atoms with E-state index in [1.807, 2.05) is 6.92 Å². The van der Waals surface area contributed by atoms with Gasteiger partial charge in [-0.25, -0.2) is 0 Å². The van der Waals surface area contributed by atoms with Crippen molar-refractivity contribution in [3.05, 3.63) is 0 Å². The van der Waals surface area contributed by atoms with Crippen molar-refractivity contribution in [1.29, 1.82) is 0 Å². The van der Waals surface area contributed by atoms with E-state index in [9.17, 15) is 9.59 Å². The molecule has 1 heterocycles. The van der Waals surface area contributed by atoms with Gasteiger partial charge in [0.25, 0.3) is 0 Å². The number of carbonyl (C=O) groups excluding carboxylic acids is 2. The molecule has 0 bridgehead atoms. The number of nitrogens with zero attached hydrogens (tertiary/aromatic N) is 1. The summed E-state index contributed by atoms with van der Waals surface area (Å²) < 4.78 is 0. The summed E-state index contributed by atoms with van der Waals surface area (Å²) in [6.07, 6.45) is 1.80. The predicted molar refractivity (Wildman–Crippen MR) is 72.2 cm³/mol. The first-order valence-corrected chi connectivity index (χ1v) is 7.41. The van der Waals surface area contributed by atoms with Gasteiger partial charge in [0.15, 0.2) is 5.78 Å². The number of likely N-dealkylation sites (tertiary alicyclic amines) is 1. The summed E-state index contributed by atoms with van der Waals surface area (Å²) in [6, 6.07) is -0.158. The Bertz CT molecular complexity index is 291. The lowest BCUT2D eigenvalue weighted by Crippen LogP contribution is -2.42. The molecule has 0 spiro atoms. The Hall–Kier alpha value is -0.510. The van der Waals surface area contributed by atoms with Crippen LogP contribution in [0.25, 0.3) is 0 Å². The molecule has 1 fully saturated rings. The fraction of sp³-hybridized carbons (Fsp3) is 0.846. The van der Waals surface area contributed by atoms with E-state index in [1.165, 1.54) is 0 Å². The Morgan fingerprint density at radius 2 is 2.00 bits per heavy atom. The van der Waals surface area contributed by atoms with Crippen LogP contribution in [-0.2, 0) is 9.59 Å². The summed E-state index contributed by atoms with van der Waals surface area (Å²) >= 11 is 1.80. The van der Waals surface area contributed by atoms with E-state index in [1.54, 1.807) is 23.6 Å². The molecule has 1 saturated heterocycles. The van der Waals surface area contributed by atoms with Gasteiger partial charge in [0, 0.05) is 18.2 Å². The molecule has 1 aliphatic heterocycles. The monoisotopic (exact) mass is 257 g/mol. The lowest BCUT2D eigenvalue weighted by molar-refractivity contribution is -0.139. The molecule has 4 heteroatoms. The third-order valence-corrected chi connectivity index (χ3v) is 4.47. The van der Waals surface area contributed by atoms with Crippen molar-refractivity contribution < 1.29 is 9.59 Å². The van der Waals surface area contributed by atoms with E-state index in [0.717, 1.165) is 25.1 Å². The van der Waals surface area contributed by atoms with Crippen molar-refractivity contribution in [2.45, 2.75) is 51.8 Å². The second-order valence-electron chi connectivity index (χ2n) is 5.08. The van der Waals surface area contributed by atoms with E-state index in [2.05, 4.69) is 13.8 Å². The average molecular weight is 257 g/mol. The first kappa shape index (κ1) is 14.6. The summed E-state index contributed by atoms with van der Waals surface area (Å²) in [5.41, 5.74) is 0. The van der Waals surface area contributed by atoms with Gasteiger partial charge in [-0.05, 0) is 25.0 Å². The van der Waals surface area contributed by atoms with Gasteiger partial charge in [-0.2, -0.15) is 11.8 Å². The summed E-state index contributed by atoms with van der Waals surface area (Å²) in [7, 11) is 0. The standard InChI is InChI=1S/C13H23NO2S/c1-9(2)17-8-10(3)13(16)14-7-5-6-12(14)11(4)15/h9-10,12H,5-8H2,1-4H3/t10-,12+/m1/s1. The maximum atomic E-state index is 12.2. The topological polar surface area (TPSA) is 37.4 Å². The van der Waals surface area contributed by atoms with E-state index < -0.39 is 0 Å². The second kappa shape index (κ2) is 6.43. The number of rotatable bonds is 5. The summed E-state index contributed by atoms with van der Waals surface area (Å²) in [6.45, 7) is 8.57. The predicted octanol–water partition coefficient (Wildman–Crippen LogP) is 2.34. The maximum Gasteiger partial charge on any atom is 0.226 e. The molecule has 0 saturated carbocycles. The van der Waals surface area contributed by atoms with E-state index in [0.29, 0.717) is 5.25 Å². The minimum absolute atomic E-state index is 0.0161. The van der Waals surface area contributed by atoms with Crippen LogP contribution in [0.1, 0.15) is 40.5 Å². The number of carbonyl (C=O) groups is 2. The molecule has 0 N–H and O–H groups in total. The highest BCUT2D eigenvalue weighted by Crippen LogP contribution is 2.23. The number of thioether (sulfide) groups is 1. The molecular weight excluding hydrogens is 234 g/mol. The lowest BCUT2D eigenvalue weighted by Gasteiger charge is -2.26. The highest BCUT2D eigenvalue weighted by molar-refractivity contribution is 7.99. The Morgan fingerprint density at radius 3 is 2.53 bits per heavy atom. The molecule has 0 radical (unpaired) electrons. The van der Waals surface area contributed by atoms with Crippen LogP contribution in [0, 0.1) is 5.92 Å². The number of Topliss-reactive ketones (excluding diaryl/α,β-unsaturated/α-hetero) is 1. The number of hydrogen-bond acceptors (Lipinski definition) is 3. The summed E-state index contributed by atoms with van der Waals surface area (Å²) in [5.74, 6) is 1.13. The molecule has 3 nitrogen and oxygen atoms in total. The fourth-order valence-corrected chi connectivity index (χ4v) is 2.96. The van der Waals surface area contributed by atoms with Crippen molar-refractivity contribution >= 4 is 23.5 Å². The first-order valence-electron chi connectivity index (χ1n) is 6.36. The molecule has 0 aliphatic carbocycles. The van der Waals surface area contributed by atoms with Crippen LogP contribution < -0.4 is 0 Å². The Kier molecular flexibility index (Phi) is 5.50. The van der Waals surface area contributed by atoms with E-state index in [-0.39, 0.29) is 23.7 Å². The molecule has 0 aromatic rings. The Balaban J connectivity index is 2.53. The zero-order valence-electron chi connectivity index (χ0n) is 11.2. The van der Waals surface area contributed by atoms with Gasteiger partial charge >= 0.3 is 0 Å². The number of amides is 1. The van der Waals surface area contributed by atoms with Gasteiger partial charge in [0.1, 0.15) is 0 Å². The van der Waals surface area contributed by atoms with Crippen LogP contribution in [0.4, 0.5) is 0 Å². The molecule has 0 unspecified atom stereocenters. The molecule has 1 amide bonds. The normalized spacial score (nSPS) is 21.9. The minimum Gasteiger partial charge on any atom is -0.332 e. The molecule has 0 aromatic heterocycles. The quantitative estimate of drug-likeness (QED) is 0.758. The summed E-state index contributed by atoms with van der Waals surface area (Å²) in [5, 5.41) is 0.549. The van der Waals surface area contributed by atoms with Crippen LogP contribution in [0.3, 0.4) is 0 Å². The molecule has 2 atom stereocenters. The van der Waals surface area contributed by atoms with Crippen LogP contribution >= 0.6 is 11.8 Å². The zero-order chi connectivity index (χ0) is 13.0. The van der Waals surface area contributed by atoms with Gasteiger partial charge in [0.05, 0.1) is 6.04 Å². The largest absolute Gasteiger partial charge is 0.332 e. The van der Waals surface area contributed by atoms with Gasteiger partial charge in [-0.15, -0.1) is 0 Å². The van der Waals surface area contributed by atoms with Gasteiger partial charge in [-0.1, -0.05) is 20.8 Å². The fourth-order valence-electron chi connectivity index (χ4n) is 2.14. The summed E-state index contributed by atoms with van der Waals surface area (Å²) in [4.78, 5) is 25.5. The smallest absolute Gasteiger partial charge is 0.226 e. The molecule has 0 aromatic carbocycles. The van der Waals surface area contributed by atoms with Gasteiger partial charge in [0.2, 0.25) is 5.91 Å². The SMILES string of the molecule is CC(=O)[C@@H]1CCCN1C(=O)[C@H](C)CSC(C)C. The van der Waals surface area contributed by atoms with Crippen LogP contribution in [0.15, 0.2) is 0 Å². The third kappa shape index (κ3) is 4.02. The maximum absolute atomic E-state index is 12.2. The Morgan fingerprint density at radius 1 is 1.35 bits per heavy atom. The molecule has 1 aliphatic rings. The van der Waals surface area contributed by atoms with Gasteiger partial charge in [-0.3, -0.25) is 9.59 Å². The molecular formula is C13H23NO2S. The number of ketones is 1. The molecule has 98 valence electrons. The van der Waals surface area contributed by atoms with E-state index in [4.69, 9.17) is 0 Å². The van der Waals surface area contributed by atoms with Crippen molar-refractivity contribution in [1.82, 2.24) is 4.90 Å². The van der Waals surface area contributed by atoms with E-state index >= 15 is 0 Å². The average Bonchev–Trinajstić information content (AvgIpc) is 2.73. The number of hydrogen-bond donors (Lipinski definition) is 0. The molecule has 1 rings (SSSR count). The third-order valence-electron chi connectivity index (χ3n) is 3.11.